The fourth-order valence-electron chi connectivity index (χ4n) is 2.96. The van der Waals surface area contributed by atoms with E-state index >= 15 is 0 Å². The Morgan fingerprint density at radius 2 is 1.57 bits per heavy atom. The Labute approximate surface area is 137 Å². The molecule has 3 rings (SSSR count). The van der Waals surface area contributed by atoms with Gasteiger partial charge in [0.15, 0.2) is 0 Å². The van der Waals surface area contributed by atoms with Crippen molar-refractivity contribution >= 4 is 0 Å². The second kappa shape index (κ2) is 7.25. The Morgan fingerprint density at radius 1 is 0.913 bits per heavy atom. The van der Waals surface area contributed by atoms with Crippen LogP contribution in [0.2, 0.25) is 0 Å². The molecule has 0 fully saturated rings. The quantitative estimate of drug-likeness (QED) is 0.747. The molecule has 2 aromatic carbocycles. The number of aliphatic hydroxyl groups is 1. The van der Waals surface area contributed by atoms with Gasteiger partial charge in [-0.15, -0.1) is 0 Å². The summed E-state index contributed by atoms with van der Waals surface area (Å²) in [7, 11) is 0. The number of rotatable bonds is 6. The first kappa shape index (κ1) is 15.5. The van der Waals surface area contributed by atoms with Crippen LogP contribution in [0.1, 0.15) is 24.6 Å². The summed E-state index contributed by atoms with van der Waals surface area (Å²) in [5.74, 6) is 0. The molecule has 118 valence electrons. The Kier molecular flexibility index (Phi) is 4.89. The summed E-state index contributed by atoms with van der Waals surface area (Å²) in [6.45, 7) is 2.31. The Balaban J connectivity index is 2.20. The third kappa shape index (κ3) is 3.20. The summed E-state index contributed by atoms with van der Waals surface area (Å²) in [6, 6.07) is 20.4. The van der Waals surface area contributed by atoms with Gasteiger partial charge in [-0.25, -0.2) is 4.68 Å². The van der Waals surface area contributed by atoms with E-state index in [0.29, 0.717) is 6.42 Å². The van der Waals surface area contributed by atoms with Crippen molar-refractivity contribution in [2.45, 2.75) is 26.2 Å². The van der Waals surface area contributed by atoms with Crippen LogP contribution in [-0.4, -0.2) is 21.5 Å². The van der Waals surface area contributed by atoms with Crippen molar-refractivity contribution in [1.82, 2.24) is 9.78 Å². The van der Waals surface area contributed by atoms with Crippen LogP contribution in [0.3, 0.4) is 0 Å². The molecule has 0 bridgehead atoms. The van der Waals surface area contributed by atoms with E-state index in [4.69, 9.17) is 5.10 Å². The molecule has 0 radical (unpaired) electrons. The molecule has 3 nitrogen and oxygen atoms in total. The number of hydrogen-bond acceptors (Lipinski definition) is 2. The van der Waals surface area contributed by atoms with Crippen LogP contribution < -0.4 is 0 Å². The summed E-state index contributed by atoms with van der Waals surface area (Å²) >= 11 is 0. The van der Waals surface area contributed by atoms with Crippen molar-refractivity contribution in [2.75, 3.05) is 6.61 Å². The second-order valence-electron chi connectivity index (χ2n) is 5.61. The van der Waals surface area contributed by atoms with Gasteiger partial charge in [0.05, 0.1) is 11.4 Å². The Hall–Kier alpha value is -2.39. The third-order valence-electron chi connectivity index (χ3n) is 3.99. The van der Waals surface area contributed by atoms with Crippen LogP contribution >= 0.6 is 0 Å². The number of para-hydroxylation sites is 1. The fourth-order valence-corrected chi connectivity index (χ4v) is 2.96. The van der Waals surface area contributed by atoms with E-state index < -0.39 is 0 Å². The van der Waals surface area contributed by atoms with E-state index in [9.17, 15) is 5.11 Å². The number of aliphatic hydroxyl groups excluding tert-OH is 1. The lowest BCUT2D eigenvalue weighted by Gasteiger charge is -2.08. The molecule has 0 atom stereocenters. The average molecular weight is 306 g/mol. The summed E-state index contributed by atoms with van der Waals surface area (Å²) in [5.41, 5.74) is 5.50. The van der Waals surface area contributed by atoms with Crippen LogP contribution in [0, 0.1) is 0 Å². The molecule has 0 saturated carbocycles. The second-order valence-corrected chi connectivity index (χ2v) is 5.61. The summed E-state index contributed by atoms with van der Waals surface area (Å²) in [4.78, 5) is 0. The highest BCUT2D eigenvalue weighted by atomic mass is 16.3. The largest absolute Gasteiger partial charge is 0.396 e. The zero-order valence-corrected chi connectivity index (χ0v) is 13.4. The molecule has 3 aromatic rings. The van der Waals surface area contributed by atoms with Gasteiger partial charge in [-0.1, -0.05) is 61.9 Å². The smallest absolute Gasteiger partial charge is 0.0963 e. The first-order valence-corrected chi connectivity index (χ1v) is 8.17. The van der Waals surface area contributed by atoms with Crippen LogP contribution in [0.5, 0.6) is 0 Å². The highest BCUT2D eigenvalue weighted by Crippen LogP contribution is 2.28. The van der Waals surface area contributed by atoms with Gasteiger partial charge < -0.3 is 5.11 Å². The Morgan fingerprint density at radius 3 is 2.17 bits per heavy atom. The minimum Gasteiger partial charge on any atom is -0.396 e. The highest BCUT2D eigenvalue weighted by Gasteiger charge is 2.18. The van der Waals surface area contributed by atoms with Crippen molar-refractivity contribution in [3.05, 3.63) is 71.9 Å². The van der Waals surface area contributed by atoms with Gasteiger partial charge in [-0.2, -0.15) is 5.10 Å². The minimum atomic E-state index is 0.136. The van der Waals surface area contributed by atoms with Gasteiger partial charge in [0, 0.05) is 23.4 Å². The van der Waals surface area contributed by atoms with E-state index in [1.807, 2.05) is 41.1 Å². The SMILES string of the molecule is CCCc1c(CCO)c(-c2ccccc2)nn1-c1ccccc1. The molecule has 0 aliphatic heterocycles. The predicted molar refractivity (Wildman–Crippen MR) is 93.8 cm³/mol. The maximum Gasteiger partial charge on any atom is 0.0963 e. The topological polar surface area (TPSA) is 38.1 Å². The molecule has 0 amide bonds. The van der Waals surface area contributed by atoms with Crippen molar-refractivity contribution in [2.24, 2.45) is 0 Å². The number of nitrogens with zero attached hydrogens (tertiary/aromatic N) is 2. The summed E-state index contributed by atoms with van der Waals surface area (Å²) in [6.07, 6.45) is 2.63. The van der Waals surface area contributed by atoms with Gasteiger partial charge in [-0.3, -0.25) is 0 Å². The summed E-state index contributed by atoms with van der Waals surface area (Å²) < 4.78 is 2.04. The molecule has 0 unspecified atom stereocenters. The standard InChI is InChI=1S/C20H22N2O/c1-2-9-19-18(14-15-23)20(16-10-5-3-6-11-16)21-22(19)17-12-7-4-8-13-17/h3-8,10-13,23H,2,9,14-15H2,1H3. The van der Waals surface area contributed by atoms with Crippen molar-refractivity contribution < 1.29 is 5.11 Å². The predicted octanol–water partition coefficient (Wildman–Crippen LogP) is 4.03. The van der Waals surface area contributed by atoms with Crippen LogP contribution in [0.25, 0.3) is 16.9 Å². The molecule has 3 heteroatoms. The lowest BCUT2D eigenvalue weighted by molar-refractivity contribution is 0.299. The van der Waals surface area contributed by atoms with Gasteiger partial charge >= 0.3 is 0 Å². The molecule has 1 heterocycles. The van der Waals surface area contributed by atoms with E-state index in [-0.39, 0.29) is 6.61 Å². The van der Waals surface area contributed by atoms with Crippen molar-refractivity contribution in [1.29, 1.82) is 0 Å². The molecular formula is C20H22N2O. The zero-order valence-electron chi connectivity index (χ0n) is 13.4. The van der Waals surface area contributed by atoms with Crippen molar-refractivity contribution in [3.8, 4) is 16.9 Å². The monoisotopic (exact) mass is 306 g/mol. The maximum absolute atomic E-state index is 9.53. The van der Waals surface area contributed by atoms with Crippen LogP contribution in [0.15, 0.2) is 60.7 Å². The first-order valence-electron chi connectivity index (χ1n) is 8.17. The molecular weight excluding hydrogens is 284 g/mol. The van der Waals surface area contributed by atoms with E-state index in [1.165, 1.54) is 5.69 Å². The van der Waals surface area contributed by atoms with Gasteiger partial charge in [0.25, 0.3) is 0 Å². The van der Waals surface area contributed by atoms with E-state index in [2.05, 4.69) is 31.2 Å². The molecule has 23 heavy (non-hydrogen) atoms. The van der Waals surface area contributed by atoms with E-state index in [1.54, 1.807) is 0 Å². The third-order valence-corrected chi connectivity index (χ3v) is 3.99. The molecule has 0 spiro atoms. The normalized spacial score (nSPS) is 10.9. The van der Waals surface area contributed by atoms with Gasteiger partial charge in [-0.05, 0) is 25.0 Å². The zero-order chi connectivity index (χ0) is 16.1. The number of benzene rings is 2. The van der Waals surface area contributed by atoms with Gasteiger partial charge in [0.2, 0.25) is 0 Å². The summed E-state index contributed by atoms with van der Waals surface area (Å²) in [5, 5.41) is 14.4. The molecule has 0 saturated heterocycles. The maximum atomic E-state index is 9.53. The molecule has 1 N–H and O–H groups in total. The molecule has 0 aliphatic rings. The highest BCUT2D eigenvalue weighted by molar-refractivity contribution is 5.65. The first-order chi connectivity index (χ1) is 11.3. The lowest BCUT2D eigenvalue weighted by atomic mass is 10.0. The number of aromatic nitrogens is 2. The average Bonchev–Trinajstić information content (AvgIpc) is 2.96. The molecule has 0 aliphatic carbocycles. The van der Waals surface area contributed by atoms with E-state index in [0.717, 1.165) is 35.3 Å². The van der Waals surface area contributed by atoms with Crippen LogP contribution in [0.4, 0.5) is 0 Å². The fraction of sp³-hybridized carbons (Fsp3) is 0.250. The lowest BCUT2D eigenvalue weighted by Crippen LogP contribution is -2.04. The number of hydrogen-bond donors (Lipinski definition) is 1. The van der Waals surface area contributed by atoms with Crippen LogP contribution in [-0.2, 0) is 12.8 Å². The minimum absolute atomic E-state index is 0.136. The Bertz CT molecular complexity index is 684. The molecule has 1 aromatic heterocycles. The van der Waals surface area contributed by atoms with Crippen molar-refractivity contribution in [3.63, 3.8) is 0 Å². The van der Waals surface area contributed by atoms with Gasteiger partial charge in [0.1, 0.15) is 0 Å².